The number of rotatable bonds is 6. The molecule has 2 atom stereocenters. The van der Waals surface area contributed by atoms with Crippen LogP contribution in [0.2, 0.25) is 0 Å². The van der Waals surface area contributed by atoms with Gasteiger partial charge in [0.15, 0.2) is 0 Å². The third-order valence-corrected chi connectivity index (χ3v) is 3.53. The lowest BCUT2D eigenvalue weighted by Crippen LogP contribution is -2.30. The van der Waals surface area contributed by atoms with Crippen LogP contribution in [0.3, 0.4) is 0 Å². The number of ether oxygens (including phenoxy) is 1. The summed E-state index contributed by atoms with van der Waals surface area (Å²) in [5.74, 6) is 0. The first-order chi connectivity index (χ1) is 7.65. The van der Waals surface area contributed by atoms with Gasteiger partial charge in [0, 0.05) is 23.6 Å². The van der Waals surface area contributed by atoms with E-state index in [2.05, 4.69) is 71.8 Å². The highest BCUT2D eigenvalue weighted by Gasteiger charge is 2.14. The summed E-state index contributed by atoms with van der Waals surface area (Å²) in [7, 11) is 3.92. The van der Waals surface area contributed by atoms with Crippen LogP contribution < -0.4 is 0 Å². The molecule has 16 heavy (non-hydrogen) atoms. The maximum absolute atomic E-state index is 5.16. The number of hydrogen-bond donors (Lipinski definition) is 0. The molecule has 0 N–H and O–H groups in total. The number of alkyl halides is 1. The Hall–Kier alpha value is -0.130. The molecule has 0 aromatic heterocycles. The highest BCUT2D eigenvalue weighted by molar-refractivity contribution is 14.1. The van der Waals surface area contributed by atoms with Crippen molar-refractivity contribution in [2.75, 3.05) is 27.3 Å². The second-order valence-electron chi connectivity index (χ2n) is 4.08. The SMILES string of the molecule is COC[C@@H](I)CN(C)[C@H](C)c1ccccc1. The Morgan fingerprint density at radius 3 is 2.50 bits per heavy atom. The lowest BCUT2D eigenvalue weighted by Gasteiger charge is -2.27. The number of methoxy groups -OCH3 is 1. The highest BCUT2D eigenvalue weighted by atomic mass is 127. The Bertz CT molecular complexity index is 291. The summed E-state index contributed by atoms with van der Waals surface area (Å²) >= 11 is 2.44. The molecule has 0 radical (unpaired) electrons. The fraction of sp³-hybridized carbons (Fsp3) is 0.538. The van der Waals surface area contributed by atoms with Crippen molar-refractivity contribution in [3.05, 3.63) is 35.9 Å². The molecular formula is C13H20INO. The third-order valence-electron chi connectivity index (χ3n) is 2.78. The Morgan fingerprint density at radius 2 is 1.94 bits per heavy atom. The molecule has 1 aromatic carbocycles. The van der Waals surface area contributed by atoms with Gasteiger partial charge in [-0.3, -0.25) is 4.90 Å². The zero-order chi connectivity index (χ0) is 12.0. The first-order valence-corrected chi connectivity index (χ1v) is 6.78. The lowest BCUT2D eigenvalue weighted by atomic mass is 10.1. The molecule has 0 spiro atoms. The van der Waals surface area contributed by atoms with Gasteiger partial charge in [-0.05, 0) is 19.5 Å². The second-order valence-corrected chi connectivity index (χ2v) is 5.84. The molecule has 1 rings (SSSR count). The fourth-order valence-corrected chi connectivity index (χ4v) is 2.67. The zero-order valence-corrected chi connectivity index (χ0v) is 12.3. The Morgan fingerprint density at radius 1 is 1.31 bits per heavy atom. The number of hydrogen-bond acceptors (Lipinski definition) is 2. The summed E-state index contributed by atoms with van der Waals surface area (Å²) in [6.45, 7) is 4.10. The van der Waals surface area contributed by atoms with Gasteiger partial charge in [0.05, 0.1) is 6.61 Å². The van der Waals surface area contributed by atoms with Gasteiger partial charge in [-0.15, -0.1) is 0 Å². The predicted molar refractivity (Wildman–Crippen MR) is 77.2 cm³/mol. The van der Waals surface area contributed by atoms with E-state index >= 15 is 0 Å². The summed E-state index contributed by atoms with van der Waals surface area (Å²) in [6.07, 6.45) is 0. The predicted octanol–water partition coefficient (Wildman–Crippen LogP) is 3.13. The first kappa shape index (κ1) is 13.9. The topological polar surface area (TPSA) is 12.5 Å². The van der Waals surface area contributed by atoms with Crippen molar-refractivity contribution in [2.24, 2.45) is 0 Å². The summed E-state index contributed by atoms with van der Waals surface area (Å²) in [5, 5.41) is 0. The van der Waals surface area contributed by atoms with E-state index in [9.17, 15) is 0 Å². The highest BCUT2D eigenvalue weighted by Crippen LogP contribution is 2.19. The number of halogens is 1. The van der Waals surface area contributed by atoms with Gasteiger partial charge < -0.3 is 4.74 Å². The van der Waals surface area contributed by atoms with E-state index in [1.165, 1.54) is 5.56 Å². The normalized spacial score (nSPS) is 15.1. The maximum atomic E-state index is 5.16. The van der Waals surface area contributed by atoms with E-state index in [0.717, 1.165) is 13.2 Å². The van der Waals surface area contributed by atoms with Gasteiger partial charge in [-0.2, -0.15) is 0 Å². The van der Waals surface area contributed by atoms with Crippen molar-refractivity contribution in [3.63, 3.8) is 0 Å². The standard InChI is InChI=1S/C13H20INO/c1-11(12-7-5-4-6-8-12)15(2)9-13(14)10-16-3/h4-8,11,13H,9-10H2,1-3H3/t11-,13+/m1/s1. The molecule has 0 aliphatic heterocycles. The minimum Gasteiger partial charge on any atom is -0.384 e. The average molecular weight is 333 g/mol. The zero-order valence-electron chi connectivity index (χ0n) is 10.2. The Kier molecular flexibility index (Phi) is 6.31. The van der Waals surface area contributed by atoms with Gasteiger partial charge in [0.2, 0.25) is 0 Å². The monoisotopic (exact) mass is 333 g/mol. The molecule has 1 aromatic rings. The van der Waals surface area contributed by atoms with Crippen molar-refractivity contribution in [1.82, 2.24) is 4.90 Å². The van der Waals surface area contributed by atoms with Crippen LogP contribution in [0.5, 0.6) is 0 Å². The fourth-order valence-electron chi connectivity index (χ4n) is 1.69. The molecular weight excluding hydrogens is 313 g/mol. The molecule has 0 aliphatic rings. The van der Waals surface area contributed by atoms with Gasteiger partial charge in [0.1, 0.15) is 0 Å². The number of nitrogens with zero attached hydrogens (tertiary/aromatic N) is 1. The molecule has 3 heteroatoms. The third kappa shape index (κ3) is 4.39. The van der Waals surface area contributed by atoms with Crippen LogP contribution in [0.4, 0.5) is 0 Å². The van der Waals surface area contributed by atoms with Crippen molar-refractivity contribution in [2.45, 2.75) is 16.9 Å². The summed E-state index contributed by atoms with van der Waals surface area (Å²) in [5.41, 5.74) is 1.37. The maximum Gasteiger partial charge on any atom is 0.0592 e. The van der Waals surface area contributed by atoms with Crippen molar-refractivity contribution in [3.8, 4) is 0 Å². The average Bonchev–Trinajstić information content (AvgIpc) is 2.29. The van der Waals surface area contributed by atoms with Crippen LogP contribution in [0.15, 0.2) is 30.3 Å². The number of benzene rings is 1. The van der Waals surface area contributed by atoms with E-state index in [1.54, 1.807) is 7.11 Å². The van der Waals surface area contributed by atoms with E-state index in [4.69, 9.17) is 4.74 Å². The summed E-state index contributed by atoms with van der Waals surface area (Å²) in [4.78, 5) is 2.37. The first-order valence-electron chi connectivity index (χ1n) is 5.53. The minimum absolute atomic E-state index is 0.454. The van der Waals surface area contributed by atoms with Crippen LogP contribution in [-0.4, -0.2) is 36.1 Å². The molecule has 0 saturated heterocycles. The molecule has 0 heterocycles. The van der Waals surface area contributed by atoms with E-state index in [-0.39, 0.29) is 0 Å². The molecule has 0 fully saturated rings. The molecule has 0 bridgehead atoms. The van der Waals surface area contributed by atoms with E-state index < -0.39 is 0 Å². The smallest absolute Gasteiger partial charge is 0.0592 e. The quantitative estimate of drug-likeness (QED) is 0.586. The van der Waals surface area contributed by atoms with Crippen LogP contribution in [0, 0.1) is 0 Å². The van der Waals surface area contributed by atoms with Crippen LogP contribution in [0.25, 0.3) is 0 Å². The van der Waals surface area contributed by atoms with Crippen LogP contribution in [-0.2, 0) is 4.74 Å². The van der Waals surface area contributed by atoms with Gasteiger partial charge in [-0.1, -0.05) is 52.9 Å². The van der Waals surface area contributed by atoms with Crippen molar-refractivity contribution in [1.29, 1.82) is 0 Å². The van der Waals surface area contributed by atoms with Gasteiger partial charge in [0.25, 0.3) is 0 Å². The largest absolute Gasteiger partial charge is 0.384 e. The second kappa shape index (κ2) is 7.25. The van der Waals surface area contributed by atoms with Crippen LogP contribution in [0.1, 0.15) is 18.5 Å². The van der Waals surface area contributed by atoms with E-state index in [1.807, 2.05) is 0 Å². The lowest BCUT2D eigenvalue weighted by molar-refractivity contribution is 0.178. The molecule has 0 unspecified atom stereocenters. The molecule has 90 valence electrons. The molecule has 2 nitrogen and oxygen atoms in total. The summed E-state index contributed by atoms with van der Waals surface area (Å²) in [6, 6.07) is 11.1. The Balaban J connectivity index is 2.51. The van der Waals surface area contributed by atoms with E-state index in [0.29, 0.717) is 9.97 Å². The molecule has 0 saturated carbocycles. The molecule has 0 aliphatic carbocycles. The van der Waals surface area contributed by atoms with Crippen LogP contribution >= 0.6 is 22.6 Å². The van der Waals surface area contributed by atoms with Gasteiger partial charge in [-0.25, -0.2) is 0 Å². The minimum atomic E-state index is 0.454. The summed E-state index contributed by atoms with van der Waals surface area (Å²) < 4.78 is 5.70. The van der Waals surface area contributed by atoms with Crippen molar-refractivity contribution >= 4 is 22.6 Å². The van der Waals surface area contributed by atoms with Crippen molar-refractivity contribution < 1.29 is 4.74 Å². The van der Waals surface area contributed by atoms with Gasteiger partial charge >= 0.3 is 0 Å². The molecule has 0 amide bonds. The Labute approximate surface area is 112 Å².